The number of amides is 2. The van der Waals surface area contributed by atoms with Crippen molar-refractivity contribution in [3.8, 4) is 0 Å². The van der Waals surface area contributed by atoms with Crippen molar-refractivity contribution in [2.24, 2.45) is 0 Å². The molecule has 2 rings (SSSR count). The third kappa shape index (κ3) is 1.55. The van der Waals surface area contributed by atoms with E-state index in [-0.39, 0.29) is 12.1 Å². The first kappa shape index (κ1) is 8.99. The topological polar surface area (TPSA) is 45.2 Å². The quantitative estimate of drug-likeness (QED) is 0.762. The Labute approximate surface area is 82.9 Å². The zero-order valence-electron chi connectivity index (χ0n) is 8.10. The van der Waals surface area contributed by atoms with Gasteiger partial charge in [-0.3, -0.25) is 4.98 Å². The van der Waals surface area contributed by atoms with Crippen LogP contribution in [0.4, 0.5) is 4.79 Å². The zero-order chi connectivity index (χ0) is 9.97. The molecule has 1 unspecified atom stereocenters. The fraction of sp³-hybridized carbons (Fsp3) is 0.400. The van der Waals surface area contributed by atoms with Gasteiger partial charge < -0.3 is 10.2 Å². The lowest BCUT2D eigenvalue weighted by Gasteiger charge is -2.22. The molecule has 0 radical (unpaired) electrons. The van der Waals surface area contributed by atoms with Crippen LogP contribution in [0, 0.1) is 0 Å². The minimum Gasteiger partial charge on any atom is -0.336 e. The Morgan fingerprint density at radius 3 is 3.07 bits per heavy atom. The van der Waals surface area contributed by atoms with Crippen LogP contribution >= 0.6 is 0 Å². The van der Waals surface area contributed by atoms with E-state index in [1.54, 1.807) is 12.4 Å². The number of hydrogen-bond donors (Lipinski definition) is 1. The maximum Gasteiger partial charge on any atom is 0.318 e. The van der Waals surface area contributed by atoms with Crippen molar-refractivity contribution >= 4 is 6.03 Å². The highest BCUT2D eigenvalue weighted by atomic mass is 16.2. The van der Waals surface area contributed by atoms with Gasteiger partial charge in [-0.1, -0.05) is 6.07 Å². The van der Waals surface area contributed by atoms with Crippen LogP contribution in [0.5, 0.6) is 0 Å². The van der Waals surface area contributed by atoms with Gasteiger partial charge in [-0.25, -0.2) is 4.79 Å². The summed E-state index contributed by atoms with van der Waals surface area (Å²) in [6, 6.07) is 4.00. The van der Waals surface area contributed by atoms with Crippen molar-refractivity contribution in [1.29, 1.82) is 0 Å². The van der Waals surface area contributed by atoms with Gasteiger partial charge in [0.05, 0.1) is 6.04 Å². The number of urea groups is 1. The summed E-state index contributed by atoms with van der Waals surface area (Å²) in [6.07, 6.45) is 3.54. The summed E-state index contributed by atoms with van der Waals surface area (Å²) in [7, 11) is 0. The molecule has 14 heavy (non-hydrogen) atoms. The van der Waals surface area contributed by atoms with Crippen molar-refractivity contribution < 1.29 is 4.79 Å². The predicted octanol–water partition coefficient (Wildman–Crippen LogP) is 1.17. The average molecular weight is 191 g/mol. The van der Waals surface area contributed by atoms with Gasteiger partial charge in [-0.05, 0) is 18.6 Å². The molecule has 1 aliphatic heterocycles. The number of rotatable bonds is 2. The normalized spacial score (nSPS) is 18.1. The van der Waals surface area contributed by atoms with Gasteiger partial charge in [0.15, 0.2) is 0 Å². The van der Waals surface area contributed by atoms with Gasteiger partial charge in [-0.15, -0.1) is 0 Å². The molecule has 0 aromatic carbocycles. The third-order valence-corrected chi connectivity index (χ3v) is 2.52. The van der Waals surface area contributed by atoms with E-state index in [2.05, 4.69) is 10.3 Å². The molecule has 0 saturated carbocycles. The van der Waals surface area contributed by atoms with Crippen LogP contribution in [0.3, 0.4) is 0 Å². The van der Waals surface area contributed by atoms with Gasteiger partial charge in [0.1, 0.15) is 0 Å². The molecule has 1 atom stereocenters. The lowest BCUT2D eigenvalue weighted by atomic mass is 10.1. The number of pyridine rings is 1. The summed E-state index contributed by atoms with van der Waals surface area (Å²) in [5.74, 6) is 0. The Bertz CT molecular complexity index is 325. The number of nitrogens with one attached hydrogen (secondary N) is 1. The van der Waals surface area contributed by atoms with Gasteiger partial charge in [-0.2, -0.15) is 0 Å². The molecule has 0 bridgehead atoms. The second kappa shape index (κ2) is 3.65. The fourth-order valence-corrected chi connectivity index (χ4v) is 1.66. The highest BCUT2D eigenvalue weighted by Gasteiger charge is 2.25. The van der Waals surface area contributed by atoms with Crippen LogP contribution in [0.2, 0.25) is 0 Å². The molecule has 1 aromatic rings. The van der Waals surface area contributed by atoms with Crippen LogP contribution in [-0.2, 0) is 0 Å². The number of hydrogen-bond acceptors (Lipinski definition) is 2. The summed E-state index contributed by atoms with van der Waals surface area (Å²) in [6.45, 7) is 3.53. The molecule has 2 heterocycles. The standard InChI is InChI=1S/C10H13N3O/c1-8(9-3-2-4-11-7-9)13-6-5-12-10(13)14/h2-4,7-8H,5-6H2,1H3,(H,12,14). The fourth-order valence-electron chi connectivity index (χ4n) is 1.66. The van der Waals surface area contributed by atoms with Crippen molar-refractivity contribution in [2.45, 2.75) is 13.0 Å². The summed E-state index contributed by atoms with van der Waals surface area (Å²) < 4.78 is 0. The zero-order valence-corrected chi connectivity index (χ0v) is 8.10. The maximum atomic E-state index is 11.4. The summed E-state index contributed by atoms with van der Waals surface area (Å²) in [5.41, 5.74) is 1.07. The van der Waals surface area contributed by atoms with Gasteiger partial charge in [0, 0.05) is 25.5 Å². The highest BCUT2D eigenvalue weighted by Crippen LogP contribution is 2.20. The molecule has 0 spiro atoms. The monoisotopic (exact) mass is 191 g/mol. The molecule has 1 N–H and O–H groups in total. The van der Waals surface area contributed by atoms with E-state index in [1.807, 2.05) is 24.0 Å². The van der Waals surface area contributed by atoms with E-state index < -0.39 is 0 Å². The number of carbonyl (C=O) groups is 1. The lowest BCUT2D eigenvalue weighted by molar-refractivity contribution is 0.202. The van der Waals surface area contributed by atoms with Crippen LogP contribution < -0.4 is 5.32 Å². The van der Waals surface area contributed by atoms with Crippen molar-refractivity contribution in [3.05, 3.63) is 30.1 Å². The van der Waals surface area contributed by atoms with E-state index in [9.17, 15) is 4.79 Å². The minimum atomic E-state index is 0.0151. The lowest BCUT2D eigenvalue weighted by Crippen LogP contribution is -2.30. The average Bonchev–Trinajstić information content (AvgIpc) is 2.65. The SMILES string of the molecule is CC(c1cccnc1)N1CCNC1=O. The summed E-state index contributed by atoms with van der Waals surface area (Å²) in [5, 5.41) is 2.79. The van der Waals surface area contributed by atoms with Crippen molar-refractivity contribution in [2.75, 3.05) is 13.1 Å². The second-order valence-corrected chi connectivity index (χ2v) is 3.39. The Hall–Kier alpha value is -1.58. The molecule has 1 aromatic heterocycles. The molecule has 4 heteroatoms. The van der Waals surface area contributed by atoms with Crippen LogP contribution in [0.1, 0.15) is 18.5 Å². The van der Waals surface area contributed by atoms with Crippen LogP contribution in [-0.4, -0.2) is 29.0 Å². The number of nitrogens with zero attached hydrogens (tertiary/aromatic N) is 2. The van der Waals surface area contributed by atoms with Crippen LogP contribution in [0.25, 0.3) is 0 Å². The highest BCUT2D eigenvalue weighted by molar-refractivity contribution is 5.76. The Morgan fingerprint density at radius 1 is 1.64 bits per heavy atom. The van der Waals surface area contributed by atoms with Gasteiger partial charge >= 0.3 is 6.03 Å². The van der Waals surface area contributed by atoms with E-state index >= 15 is 0 Å². The second-order valence-electron chi connectivity index (χ2n) is 3.39. The summed E-state index contributed by atoms with van der Waals surface area (Å²) >= 11 is 0. The molecule has 2 amide bonds. The largest absolute Gasteiger partial charge is 0.336 e. The Morgan fingerprint density at radius 2 is 2.50 bits per heavy atom. The Kier molecular flexibility index (Phi) is 2.35. The molecule has 4 nitrogen and oxygen atoms in total. The molecule has 0 aliphatic carbocycles. The van der Waals surface area contributed by atoms with E-state index in [4.69, 9.17) is 0 Å². The van der Waals surface area contributed by atoms with E-state index in [0.717, 1.165) is 18.7 Å². The van der Waals surface area contributed by atoms with Gasteiger partial charge in [0.25, 0.3) is 0 Å². The Balaban J connectivity index is 2.16. The molecule has 1 aliphatic rings. The maximum absolute atomic E-state index is 11.4. The first-order chi connectivity index (χ1) is 6.79. The van der Waals surface area contributed by atoms with Crippen molar-refractivity contribution in [1.82, 2.24) is 15.2 Å². The molecule has 74 valence electrons. The third-order valence-electron chi connectivity index (χ3n) is 2.52. The smallest absolute Gasteiger partial charge is 0.318 e. The number of carbonyl (C=O) groups excluding carboxylic acids is 1. The predicted molar refractivity (Wildman–Crippen MR) is 52.8 cm³/mol. The summed E-state index contributed by atoms with van der Waals surface area (Å²) in [4.78, 5) is 17.2. The van der Waals surface area contributed by atoms with Crippen molar-refractivity contribution in [3.63, 3.8) is 0 Å². The van der Waals surface area contributed by atoms with Crippen LogP contribution in [0.15, 0.2) is 24.5 Å². The van der Waals surface area contributed by atoms with E-state index in [1.165, 1.54) is 0 Å². The molecular formula is C10H13N3O. The van der Waals surface area contributed by atoms with E-state index in [0.29, 0.717) is 0 Å². The molecular weight excluding hydrogens is 178 g/mol. The number of aromatic nitrogens is 1. The first-order valence-electron chi connectivity index (χ1n) is 4.73. The first-order valence-corrected chi connectivity index (χ1v) is 4.73. The molecule has 1 fully saturated rings. The minimum absolute atomic E-state index is 0.0151. The molecule has 1 saturated heterocycles. The van der Waals surface area contributed by atoms with Gasteiger partial charge in [0.2, 0.25) is 0 Å².